The van der Waals surface area contributed by atoms with Crippen molar-refractivity contribution in [2.75, 3.05) is 19.7 Å². The number of nitrogens with one attached hydrogen (secondary N) is 1. The Morgan fingerprint density at radius 1 is 1.28 bits per heavy atom. The van der Waals surface area contributed by atoms with Gasteiger partial charge >= 0.3 is 0 Å². The van der Waals surface area contributed by atoms with Crippen molar-refractivity contribution in [3.63, 3.8) is 0 Å². The highest BCUT2D eigenvalue weighted by molar-refractivity contribution is 4.97. The molecule has 3 unspecified atom stereocenters. The van der Waals surface area contributed by atoms with Crippen LogP contribution in [0.1, 0.15) is 58.8 Å². The minimum Gasteiger partial charge on any atom is -0.394 e. The molecule has 0 aromatic carbocycles. The first-order valence-corrected chi connectivity index (χ1v) is 7.82. The molecule has 2 rings (SSSR count). The molecular formula is C15H30N2O. The zero-order valence-corrected chi connectivity index (χ0v) is 12.1. The van der Waals surface area contributed by atoms with Crippen molar-refractivity contribution in [2.24, 2.45) is 0 Å². The molecule has 18 heavy (non-hydrogen) atoms. The Morgan fingerprint density at radius 3 is 2.78 bits per heavy atom. The molecule has 1 saturated heterocycles. The molecule has 2 N–H and O–H groups in total. The van der Waals surface area contributed by atoms with Crippen LogP contribution >= 0.6 is 0 Å². The van der Waals surface area contributed by atoms with Crippen LogP contribution in [0.15, 0.2) is 0 Å². The minimum absolute atomic E-state index is 0.00513. The fourth-order valence-corrected chi connectivity index (χ4v) is 4.01. The summed E-state index contributed by atoms with van der Waals surface area (Å²) in [4.78, 5) is 2.71. The van der Waals surface area contributed by atoms with E-state index in [1.165, 1.54) is 38.6 Å². The Balaban J connectivity index is 2.00. The third-order valence-corrected chi connectivity index (χ3v) is 5.00. The van der Waals surface area contributed by atoms with Gasteiger partial charge in [-0.2, -0.15) is 0 Å². The van der Waals surface area contributed by atoms with Gasteiger partial charge in [0.2, 0.25) is 0 Å². The predicted octanol–water partition coefficient (Wildman–Crippen LogP) is 2.14. The summed E-state index contributed by atoms with van der Waals surface area (Å²) in [5, 5.41) is 13.3. The number of hydrogen-bond acceptors (Lipinski definition) is 3. The lowest BCUT2D eigenvalue weighted by Crippen LogP contribution is -2.57. The first-order chi connectivity index (χ1) is 8.71. The van der Waals surface area contributed by atoms with Crippen LogP contribution in [0, 0.1) is 0 Å². The second-order valence-corrected chi connectivity index (χ2v) is 6.30. The summed E-state index contributed by atoms with van der Waals surface area (Å²) in [5.41, 5.74) is -0.00513. The summed E-state index contributed by atoms with van der Waals surface area (Å²) in [5.74, 6) is 0. The van der Waals surface area contributed by atoms with E-state index in [4.69, 9.17) is 0 Å². The van der Waals surface area contributed by atoms with Crippen molar-refractivity contribution in [1.82, 2.24) is 10.2 Å². The lowest BCUT2D eigenvalue weighted by atomic mass is 9.78. The first-order valence-electron chi connectivity index (χ1n) is 7.82. The van der Waals surface area contributed by atoms with Gasteiger partial charge in [0.1, 0.15) is 0 Å². The summed E-state index contributed by atoms with van der Waals surface area (Å²) < 4.78 is 0. The lowest BCUT2D eigenvalue weighted by molar-refractivity contribution is 0.0288. The molecule has 0 bridgehead atoms. The number of nitrogens with zero attached hydrogens (tertiary/aromatic N) is 1. The third kappa shape index (κ3) is 3.06. The van der Waals surface area contributed by atoms with Crippen LogP contribution in [-0.4, -0.2) is 47.3 Å². The van der Waals surface area contributed by atoms with Crippen LogP contribution in [-0.2, 0) is 0 Å². The lowest BCUT2D eigenvalue weighted by Gasteiger charge is -2.47. The summed E-state index contributed by atoms with van der Waals surface area (Å²) >= 11 is 0. The van der Waals surface area contributed by atoms with Crippen LogP contribution < -0.4 is 5.32 Å². The van der Waals surface area contributed by atoms with Crippen LogP contribution in [0.25, 0.3) is 0 Å². The number of likely N-dealkylation sites (N-methyl/N-ethyl adjacent to an activating group) is 1. The Hall–Kier alpha value is -0.120. The van der Waals surface area contributed by atoms with Crippen LogP contribution in [0.5, 0.6) is 0 Å². The van der Waals surface area contributed by atoms with E-state index < -0.39 is 0 Å². The van der Waals surface area contributed by atoms with Gasteiger partial charge in [-0.15, -0.1) is 0 Å². The van der Waals surface area contributed by atoms with E-state index in [2.05, 4.69) is 24.1 Å². The number of hydrogen-bond donors (Lipinski definition) is 2. The fraction of sp³-hybridized carbons (Fsp3) is 1.00. The number of aliphatic hydroxyl groups excluding tert-OH is 1. The fourth-order valence-electron chi connectivity index (χ4n) is 4.01. The molecule has 3 heteroatoms. The van der Waals surface area contributed by atoms with Crippen LogP contribution in [0.4, 0.5) is 0 Å². The van der Waals surface area contributed by atoms with E-state index in [0.717, 1.165) is 25.4 Å². The average Bonchev–Trinajstić information content (AvgIpc) is 2.40. The molecule has 1 aliphatic heterocycles. The van der Waals surface area contributed by atoms with Gasteiger partial charge in [0.15, 0.2) is 0 Å². The van der Waals surface area contributed by atoms with Gasteiger partial charge in [0, 0.05) is 17.6 Å². The zero-order chi connectivity index (χ0) is 13.0. The van der Waals surface area contributed by atoms with Gasteiger partial charge in [0.05, 0.1) is 6.61 Å². The topological polar surface area (TPSA) is 35.5 Å². The Kier molecular flexibility index (Phi) is 5.05. The van der Waals surface area contributed by atoms with Gasteiger partial charge in [0.25, 0.3) is 0 Å². The Bertz CT molecular complexity index is 255. The monoisotopic (exact) mass is 254 g/mol. The van der Waals surface area contributed by atoms with Crippen LogP contribution in [0.2, 0.25) is 0 Å². The van der Waals surface area contributed by atoms with E-state index in [-0.39, 0.29) is 5.54 Å². The summed E-state index contributed by atoms with van der Waals surface area (Å²) in [7, 11) is 0. The average molecular weight is 254 g/mol. The highest BCUT2D eigenvalue weighted by Gasteiger charge is 2.38. The molecule has 2 aliphatic rings. The smallest absolute Gasteiger partial charge is 0.0613 e. The predicted molar refractivity (Wildman–Crippen MR) is 75.8 cm³/mol. The minimum atomic E-state index is -0.00513. The molecule has 0 aromatic rings. The maximum absolute atomic E-state index is 9.77. The van der Waals surface area contributed by atoms with E-state index in [1.54, 1.807) is 0 Å². The van der Waals surface area contributed by atoms with E-state index in [1.807, 2.05) is 0 Å². The van der Waals surface area contributed by atoms with Crippen molar-refractivity contribution in [3.8, 4) is 0 Å². The van der Waals surface area contributed by atoms with Gasteiger partial charge in [-0.05, 0) is 58.5 Å². The molecule has 0 aromatic heterocycles. The molecule has 0 radical (unpaired) electrons. The van der Waals surface area contributed by atoms with E-state index in [0.29, 0.717) is 12.6 Å². The summed E-state index contributed by atoms with van der Waals surface area (Å²) in [6.07, 6.45) is 8.93. The Labute approximate surface area is 112 Å². The number of aliphatic hydroxyl groups is 1. The quantitative estimate of drug-likeness (QED) is 0.807. The second kappa shape index (κ2) is 6.36. The number of rotatable bonds is 4. The van der Waals surface area contributed by atoms with Crippen molar-refractivity contribution in [1.29, 1.82) is 0 Å². The van der Waals surface area contributed by atoms with Crippen molar-refractivity contribution < 1.29 is 5.11 Å². The molecule has 3 atom stereocenters. The van der Waals surface area contributed by atoms with E-state index >= 15 is 0 Å². The molecule has 1 heterocycles. The van der Waals surface area contributed by atoms with Gasteiger partial charge in [-0.3, -0.25) is 4.90 Å². The third-order valence-electron chi connectivity index (χ3n) is 5.00. The van der Waals surface area contributed by atoms with Gasteiger partial charge in [-0.25, -0.2) is 0 Å². The standard InChI is InChI=1S/C15H30N2O/c1-3-16-15(12-18)9-6-8-14(11-15)17-10-5-4-7-13(17)2/h13-14,16,18H,3-12H2,1-2H3. The number of likely N-dealkylation sites (tertiary alicyclic amines) is 1. The molecule has 1 saturated carbocycles. The largest absolute Gasteiger partial charge is 0.394 e. The van der Waals surface area contributed by atoms with Gasteiger partial charge in [-0.1, -0.05) is 13.3 Å². The maximum Gasteiger partial charge on any atom is 0.0613 e. The second-order valence-electron chi connectivity index (χ2n) is 6.30. The van der Waals surface area contributed by atoms with Crippen molar-refractivity contribution >= 4 is 0 Å². The highest BCUT2D eigenvalue weighted by Crippen LogP contribution is 2.33. The normalized spacial score (nSPS) is 38.8. The van der Waals surface area contributed by atoms with Crippen molar-refractivity contribution in [3.05, 3.63) is 0 Å². The molecule has 1 aliphatic carbocycles. The van der Waals surface area contributed by atoms with E-state index in [9.17, 15) is 5.11 Å². The molecule has 0 spiro atoms. The summed E-state index contributed by atoms with van der Waals surface area (Å²) in [6.45, 7) is 7.04. The first kappa shape index (κ1) is 14.3. The highest BCUT2D eigenvalue weighted by atomic mass is 16.3. The SMILES string of the molecule is CCNC1(CO)CCCC(N2CCCCC2C)C1. The van der Waals surface area contributed by atoms with Crippen LogP contribution in [0.3, 0.4) is 0 Å². The zero-order valence-electron chi connectivity index (χ0n) is 12.1. The number of piperidine rings is 1. The maximum atomic E-state index is 9.77. The molecule has 106 valence electrons. The van der Waals surface area contributed by atoms with Crippen molar-refractivity contribution in [2.45, 2.75) is 76.4 Å². The van der Waals surface area contributed by atoms with Gasteiger partial charge < -0.3 is 10.4 Å². The summed E-state index contributed by atoms with van der Waals surface area (Å²) in [6, 6.07) is 1.42. The molecular weight excluding hydrogens is 224 g/mol. The Morgan fingerprint density at radius 2 is 2.11 bits per heavy atom. The molecule has 2 fully saturated rings. The molecule has 3 nitrogen and oxygen atoms in total. The molecule has 0 amide bonds.